The number of hydrogen-bond donors (Lipinski definition) is 1. The Morgan fingerprint density at radius 2 is 2.00 bits per heavy atom. The molecule has 1 aromatic carbocycles. The van der Waals surface area contributed by atoms with Gasteiger partial charge in [0.25, 0.3) is 5.91 Å². The molecule has 3 rings (SSSR count). The van der Waals surface area contributed by atoms with E-state index in [-0.39, 0.29) is 19.1 Å². The Kier molecular flexibility index (Phi) is 5.02. The van der Waals surface area contributed by atoms with E-state index in [1.165, 1.54) is 11.3 Å². The second-order valence-corrected chi connectivity index (χ2v) is 5.75. The van der Waals surface area contributed by atoms with Crippen LogP contribution >= 0.6 is 11.3 Å². The first-order chi connectivity index (χ1) is 11.7. The lowest BCUT2D eigenvalue weighted by Crippen LogP contribution is -2.30. The summed E-state index contributed by atoms with van der Waals surface area (Å²) in [5.74, 6) is 0.0447. The maximum atomic E-state index is 11.7. The van der Waals surface area contributed by atoms with Gasteiger partial charge >= 0.3 is 5.97 Å². The van der Waals surface area contributed by atoms with Crippen molar-refractivity contribution < 1.29 is 18.7 Å². The average molecular weight is 342 g/mol. The summed E-state index contributed by atoms with van der Waals surface area (Å²) in [6.45, 7) is -0.288. The summed E-state index contributed by atoms with van der Waals surface area (Å²) in [5, 5.41) is 4.29. The molecular weight excluding hydrogens is 328 g/mol. The molecule has 2 heterocycles. The van der Waals surface area contributed by atoms with E-state index < -0.39 is 5.97 Å². The largest absolute Gasteiger partial charge is 0.454 e. The highest BCUT2D eigenvalue weighted by atomic mass is 32.1. The monoisotopic (exact) mass is 342 g/mol. The Morgan fingerprint density at radius 3 is 2.75 bits per heavy atom. The van der Waals surface area contributed by atoms with Crippen LogP contribution in [0.25, 0.3) is 11.3 Å². The molecule has 0 saturated heterocycles. The minimum atomic E-state index is -0.556. The van der Waals surface area contributed by atoms with Crippen LogP contribution < -0.4 is 5.32 Å². The SMILES string of the molecule is O=C(CNC(=O)c1cccs1)OCc1ncc(-c2ccccc2)o1. The number of thiophene rings is 1. The van der Waals surface area contributed by atoms with Gasteiger partial charge in [0, 0.05) is 5.56 Å². The van der Waals surface area contributed by atoms with E-state index in [4.69, 9.17) is 9.15 Å². The molecule has 0 fully saturated rings. The standard InChI is InChI=1S/C17H14N2O4S/c20-16(10-19-17(21)14-7-4-8-24-14)22-11-15-18-9-13(23-15)12-5-2-1-3-6-12/h1-9H,10-11H2,(H,19,21). The van der Waals surface area contributed by atoms with Crippen LogP contribution in [0.5, 0.6) is 0 Å². The molecule has 3 aromatic rings. The zero-order valence-electron chi connectivity index (χ0n) is 12.6. The number of aromatic nitrogens is 1. The molecule has 0 spiro atoms. The molecule has 122 valence electrons. The summed E-state index contributed by atoms with van der Waals surface area (Å²) in [4.78, 5) is 28.0. The third kappa shape index (κ3) is 4.08. The normalized spacial score (nSPS) is 10.3. The van der Waals surface area contributed by atoms with E-state index >= 15 is 0 Å². The number of ether oxygens (including phenoxy) is 1. The van der Waals surface area contributed by atoms with Gasteiger partial charge in [-0.15, -0.1) is 11.3 Å². The van der Waals surface area contributed by atoms with Crippen molar-refractivity contribution in [3.63, 3.8) is 0 Å². The van der Waals surface area contributed by atoms with Crippen LogP contribution in [0.2, 0.25) is 0 Å². The third-order valence-corrected chi connectivity index (χ3v) is 3.98. The van der Waals surface area contributed by atoms with Crippen molar-refractivity contribution in [1.82, 2.24) is 10.3 Å². The number of nitrogens with zero attached hydrogens (tertiary/aromatic N) is 1. The first-order valence-corrected chi connectivity index (χ1v) is 8.08. The van der Waals surface area contributed by atoms with Crippen molar-refractivity contribution in [2.75, 3.05) is 6.54 Å². The zero-order valence-corrected chi connectivity index (χ0v) is 13.4. The van der Waals surface area contributed by atoms with Crippen LogP contribution in [0, 0.1) is 0 Å². The summed E-state index contributed by atoms with van der Waals surface area (Å²) >= 11 is 1.30. The number of hydrogen-bond acceptors (Lipinski definition) is 6. The molecule has 6 nitrogen and oxygen atoms in total. The third-order valence-electron chi connectivity index (χ3n) is 3.11. The van der Waals surface area contributed by atoms with Crippen LogP contribution in [0.3, 0.4) is 0 Å². The Bertz CT molecular complexity index is 812. The van der Waals surface area contributed by atoms with Crippen LogP contribution in [-0.4, -0.2) is 23.4 Å². The number of benzene rings is 1. The van der Waals surface area contributed by atoms with Gasteiger partial charge in [-0.25, -0.2) is 4.98 Å². The zero-order chi connectivity index (χ0) is 16.8. The van der Waals surface area contributed by atoms with Gasteiger partial charge in [0.1, 0.15) is 6.54 Å². The fourth-order valence-corrected chi connectivity index (χ4v) is 2.59. The second kappa shape index (κ2) is 7.56. The predicted molar refractivity (Wildman–Crippen MR) is 88.4 cm³/mol. The molecule has 0 unspecified atom stereocenters. The van der Waals surface area contributed by atoms with E-state index in [0.29, 0.717) is 16.5 Å². The maximum absolute atomic E-state index is 11.7. The molecule has 0 radical (unpaired) electrons. The number of carbonyl (C=O) groups excluding carboxylic acids is 2. The summed E-state index contributed by atoms with van der Waals surface area (Å²) in [6.07, 6.45) is 1.58. The molecule has 0 aliphatic rings. The van der Waals surface area contributed by atoms with Gasteiger partial charge in [-0.2, -0.15) is 0 Å². The molecule has 24 heavy (non-hydrogen) atoms. The number of rotatable bonds is 6. The lowest BCUT2D eigenvalue weighted by molar-refractivity contribution is -0.144. The Labute approximate surface area is 142 Å². The number of amides is 1. The van der Waals surface area contributed by atoms with Crippen molar-refractivity contribution in [1.29, 1.82) is 0 Å². The summed E-state index contributed by atoms with van der Waals surface area (Å²) in [5.41, 5.74) is 0.894. The molecule has 0 bridgehead atoms. The highest BCUT2D eigenvalue weighted by Gasteiger charge is 2.11. The van der Waals surface area contributed by atoms with Gasteiger partial charge in [-0.05, 0) is 11.4 Å². The highest BCUT2D eigenvalue weighted by Crippen LogP contribution is 2.19. The predicted octanol–water partition coefficient (Wildman–Crippen LogP) is 2.88. The molecule has 0 atom stereocenters. The summed E-state index contributed by atoms with van der Waals surface area (Å²) in [6, 6.07) is 13.0. The Morgan fingerprint density at radius 1 is 1.17 bits per heavy atom. The number of carbonyl (C=O) groups is 2. The van der Waals surface area contributed by atoms with Crippen LogP contribution in [0.1, 0.15) is 15.6 Å². The van der Waals surface area contributed by atoms with Crippen LogP contribution in [-0.2, 0) is 16.1 Å². The molecule has 7 heteroatoms. The van der Waals surface area contributed by atoms with E-state index in [2.05, 4.69) is 10.3 Å². The van der Waals surface area contributed by atoms with Crippen molar-refractivity contribution >= 4 is 23.2 Å². The van der Waals surface area contributed by atoms with Crippen molar-refractivity contribution in [2.24, 2.45) is 0 Å². The molecule has 1 amide bonds. The van der Waals surface area contributed by atoms with E-state index in [0.717, 1.165) is 5.56 Å². The maximum Gasteiger partial charge on any atom is 0.325 e. The number of nitrogens with one attached hydrogen (secondary N) is 1. The average Bonchev–Trinajstić information content (AvgIpc) is 3.30. The van der Waals surface area contributed by atoms with E-state index in [1.54, 1.807) is 23.7 Å². The smallest absolute Gasteiger partial charge is 0.325 e. The molecule has 2 aromatic heterocycles. The van der Waals surface area contributed by atoms with Crippen LogP contribution in [0.15, 0.2) is 58.5 Å². The first-order valence-electron chi connectivity index (χ1n) is 7.20. The number of esters is 1. The minimum Gasteiger partial charge on any atom is -0.454 e. The van der Waals surface area contributed by atoms with Crippen molar-refractivity contribution in [2.45, 2.75) is 6.61 Å². The number of oxazole rings is 1. The molecular formula is C17H14N2O4S. The van der Waals surface area contributed by atoms with Gasteiger partial charge in [0.15, 0.2) is 12.4 Å². The van der Waals surface area contributed by atoms with Crippen LogP contribution in [0.4, 0.5) is 0 Å². The van der Waals surface area contributed by atoms with E-state index in [9.17, 15) is 9.59 Å². The van der Waals surface area contributed by atoms with Gasteiger partial charge in [-0.3, -0.25) is 9.59 Å². The van der Waals surface area contributed by atoms with E-state index in [1.807, 2.05) is 30.3 Å². The fourth-order valence-electron chi connectivity index (χ4n) is 1.95. The minimum absolute atomic E-state index is 0.0828. The quantitative estimate of drug-likeness (QED) is 0.697. The summed E-state index contributed by atoms with van der Waals surface area (Å²) < 4.78 is 10.6. The second-order valence-electron chi connectivity index (χ2n) is 4.80. The topological polar surface area (TPSA) is 81.4 Å². The Hall–Kier alpha value is -2.93. The molecule has 0 saturated carbocycles. The van der Waals surface area contributed by atoms with Crippen molar-refractivity contribution in [3.8, 4) is 11.3 Å². The molecule has 1 N–H and O–H groups in total. The van der Waals surface area contributed by atoms with Crippen molar-refractivity contribution in [3.05, 3.63) is 64.8 Å². The Balaban J connectivity index is 1.46. The first kappa shape index (κ1) is 15.9. The van der Waals surface area contributed by atoms with Gasteiger partial charge in [0.2, 0.25) is 5.89 Å². The lowest BCUT2D eigenvalue weighted by atomic mass is 10.2. The molecule has 0 aliphatic heterocycles. The molecule has 0 aliphatic carbocycles. The fraction of sp³-hybridized carbons (Fsp3) is 0.118. The van der Waals surface area contributed by atoms with Gasteiger partial charge in [0.05, 0.1) is 11.1 Å². The lowest BCUT2D eigenvalue weighted by Gasteiger charge is -2.04. The van der Waals surface area contributed by atoms with Gasteiger partial charge < -0.3 is 14.5 Å². The highest BCUT2D eigenvalue weighted by molar-refractivity contribution is 7.12. The van der Waals surface area contributed by atoms with Gasteiger partial charge in [-0.1, -0.05) is 36.4 Å². The summed E-state index contributed by atoms with van der Waals surface area (Å²) in [7, 11) is 0.